The lowest BCUT2D eigenvalue weighted by atomic mass is 10.3. The van der Waals surface area contributed by atoms with Crippen molar-refractivity contribution >= 4 is 0 Å². The quantitative estimate of drug-likeness (QED) is 0.460. The van der Waals surface area contributed by atoms with Crippen LogP contribution in [0.3, 0.4) is 0 Å². The molecule has 1 heterocycles. The van der Waals surface area contributed by atoms with Crippen molar-refractivity contribution in [2.45, 2.75) is 18.9 Å². The minimum absolute atomic E-state index is 0.319. The average molecular weight is 155 g/mol. The van der Waals surface area contributed by atoms with Gasteiger partial charge < -0.3 is 5.11 Å². The topological polar surface area (TPSA) is 32.7 Å². The molecule has 1 atom stereocenters. The Bertz CT molecular complexity index is 153. The Kier molecular flexibility index (Phi) is 3.37. The average Bonchev–Trinajstić information content (AvgIpc) is 2.37. The van der Waals surface area contributed by atoms with Gasteiger partial charge in [-0.25, -0.2) is 0 Å². The summed E-state index contributed by atoms with van der Waals surface area (Å²) < 4.78 is 0. The van der Waals surface area contributed by atoms with Gasteiger partial charge in [0.2, 0.25) is 0 Å². The fourth-order valence-corrected chi connectivity index (χ4v) is 1.05. The fraction of sp³-hybridized carbons (Fsp3) is 0.750. The van der Waals surface area contributed by atoms with Crippen LogP contribution in [-0.4, -0.2) is 36.0 Å². The van der Waals surface area contributed by atoms with Crippen molar-refractivity contribution in [1.29, 1.82) is 0 Å². The molecule has 0 radical (unpaired) electrons. The second-order valence-electron chi connectivity index (χ2n) is 2.65. The summed E-state index contributed by atoms with van der Waals surface area (Å²) >= 11 is 0. The molecule has 0 spiro atoms. The van der Waals surface area contributed by atoms with Gasteiger partial charge in [0.15, 0.2) is 0 Å². The maximum Gasteiger partial charge on any atom is 0.0958 e. The molecular weight excluding hydrogens is 142 g/mol. The van der Waals surface area contributed by atoms with Gasteiger partial charge in [0.1, 0.15) is 0 Å². The highest BCUT2D eigenvalue weighted by Gasteiger charge is 2.19. The van der Waals surface area contributed by atoms with Crippen molar-refractivity contribution in [2.24, 2.45) is 0 Å². The predicted molar refractivity (Wildman–Crippen MR) is 41.6 cm³/mol. The zero-order valence-electron chi connectivity index (χ0n) is 6.49. The molecular formula is C8H13NO2. The van der Waals surface area contributed by atoms with Crippen LogP contribution in [0.5, 0.6) is 0 Å². The lowest BCUT2D eigenvalue weighted by molar-refractivity contribution is -0.110. The molecule has 0 bridgehead atoms. The molecule has 0 saturated carbocycles. The summed E-state index contributed by atoms with van der Waals surface area (Å²) in [6.07, 6.45) is 6.47. The summed E-state index contributed by atoms with van der Waals surface area (Å²) in [4.78, 5) is 5.13. The number of rotatable bonds is 3. The number of nitrogens with zero attached hydrogens (tertiary/aromatic N) is 1. The number of hydrogen-bond donors (Lipinski definition) is 1. The fourth-order valence-electron chi connectivity index (χ4n) is 1.05. The first-order valence-corrected chi connectivity index (χ1v) is 3.82. The minimum Gasteiger partial charge on any atom is -0.389 e. The highest BCUT2D eigenvalue weighted by molar-refractivity contribution is 4.83. The molecule has 62 valence electrons. The SMILES string of the molecule is C#CCCCN1CC(O)CO1. The van der Waals surface area contributed by atoms with E-state index in [1.807, 2.05) is 0 Å². The van der Waals surface area contributed by atoms with Gasteiger partial charge in [-0.3, -0.25) is 4.84 Å². The highest BCUT2D eigenvalue weighted by Crippen LogP contribution is 2.05. The number of unbranched alkanes of at least 4 members (excludes halogenated alkanes) is 1. The smallest absolute Gasteiger partial charge is 0.0958 e. The standard InChI is InChI=1S/C8H13NO2/c1-2-3-4-5-9-6-8(10)7-11-9/h1,8,10H,3-7H2. The molecule has 3 heteroatoms. The Balaban J connectivity index is 2.05. The molecule has 0 aromatic heterocycles. The van der Waals surface area contributed by atoms with Gasteiger partial charge in [-0.05, 0) is 6.42 Å². The van der Waals surface area contributed by atoms with Crippen molar-refractivity contribution in [2.75, 3.05) is 19.7 Å². The molecule has 0 aliphatic carbocycles. The zero-order chi connectivity index (χ0) is 8.10. The van der Waals surface area contributed by atoms with E-state index in [0.717, 1.165) is 19.4 Å². The Labute approximate surface area is 66.9 Å². The Hall–Kier alpha value is -0.560. The molecule has 3 nitrogen and oxygen atoms in total. The molecule has 11 heavy (non-hydrogen) atoms. The van der Waals surface area contributed by atoms with Crippen LogP contribution in [0.1, 0.15) is 12.8 Å². The number of hydrogen-bond acceptors (Lipinski definition) is 3. The monoisotopic (exact) mass is 155 g/mol. The summed E-state index contributed by atoms with van der Waals surface area (Å²) in [6.45, 7) is 1.86. The molecule has 1 unspecified atom stereocenters. The third-order valence-electron chi connectivity index (χ3n) is 1.59. The van der Waals surface area contributed by atoms with E-state index in [4.69, 9.17) is 16.4 Å². The maximum absolute atomic E-state index is 9.05. The van der Waals surface area contributed by atoms with Crippen LogP contribution in [0.2, 0.25) is 0 Å². The Morgan fingerprint density at radius 2 is 2.55 bits per heavy atom. The van der Waals surface area contributed by atoms with Crippen LogP contribution in [0.25, 0.3) is 0 Å². The first-order chi connectivity index (χ1) is 5.33. The highest BCUT2D eigenvalue weighted by atomic mass is 16.7. The first kappa shape index (κ1) is 8.54. The summed E-state index contributed by atoms with van der Waals surface area (Å²) in [6, 6.07) is 0. The van der Waals surface area contributed by atoms with E-state index < -0.39 is 0 Å². The van der Waals surface area contributed by atoms with Crippen LogP contribution in [0.15, 0.2) is 0 Å². The number of hydroxylamine groups is 2. The Morgan fingerprint density at radius 3 is 3.09 bits per heavy atom. The second kappa shape index (κ2) is 4.35. The van der Waals surface area contributed by atoms with E-state index in [-0.39, 0.29) is 6.10 Å². The van der Waals surface area contributed by atoms with Gasteiger partial charge in [0, 0.05) is 13.0 Å². The van der Waals surface area contributed by atoms with Crippen molar-refractivity contribution < 1.29 is 9.94 Å². The predicted octanol–water partition coefficient (Wildman–Crippen LogP) is 0.00790. The molecule has 0 aromatic carbocycles. The molecule has 1 fully saturated rings. The zero-order valence-corrected chi connectivity index (χ0v) is 6.49. The van der Waals surface area contributed by atoms with Gasteiger partial charge in [-0.2, -0.15) is 5.06 Å². The molecule has 0 aromatic rings. The van der Waals surface area contributed by atoms with Gasteiger partial charge in [0.25, 0.3) is 0 Å². The number of β-amino-alcohol motifs (C(OH)–C–C–N with tert-alkyl or cyclic N) is 1. The molecule has 1 aliphatic heterocycles. The van der Waals surface area contributed by atoms with Crippen molar-refractivity contribution in [3.8, 4) is 12.3 Å². The van der Waals surface area contributed by atoms with Gasteiger partial charge >= 0.3 is 0 Å². The molecule has 1 aliphatic rings. The first-order valence-electron chi connectivity index (χ1n) is 3.82. The van der Waals surface area contributed by atoms with E-state index in [0.29, 0.717) is 13.2 Å². The molecule has 1 N–H and O–H groups in total. The molecule has 1 saturated heterocycles. The largest absolute Gasteiger partial charge is 0.389 e. The van der Waals surface area contributed by atoms with Crippen molar-refractivity contribution in [3.05, 3.63) is 0 Å². The normalized spacial score (nSPS) is 25.3. The van der Waals surface area contributed by atoms with E-state index in [1.54, 1.807) is 5.06 Å². The number of aliphatic hydroxyl groups is 1. The van der Waals surface area contributed by atoms with Gasteiger partial charge in [-0.15, -0.1) is 12.3 Å². The van der Waals surface area contributed by atoms with E-state index in [9.17, 15) is 0 Å². The van der Waals surface area contributed by atoms with E-state index in [2.05, 4.69) is 5.92 Å². The van der Waals surface area contributed by atoms with Crippen molar-refractivity contribution in [1.82, 2.24) is 5.06 Å². The molecule has 1 rings (SSSR count). The Morgan fingerprint density at radius 1 is 1.73 bits per heavy atom. The van der Waals surface area contributed by atoms with Crippen LogP contribution >= 0.6 is 0 Å². The lowest BCUT2D eigenvalue weighted by Crippen LogP contribution is -2.21. The molecule has 0 amide bonds. The van der Waals surface area contributed by atoms with E-state index >= 15 is 0 Å². The lowest BCUT2D eigenvalue weighted by Gasteiger charge is -2.11. The summed E-state index contributed by atoms with van der Waals surface area (Å²) in [7, 11) is 0. The van der Waals surface area contributed by atoms with Crippen molar-refractivity contribution in [3.63, 3.8) is 0 Å². The summed E-state index contributed by atoms with van der Waals surface area (Å²) in [5.74, 6) is 2.56. The van der Waals surface area contributed by atoms with Crippen LogP contribution < -0.4 is 0 Å². The number of aliphatic hydroxyl groups excluding tert-OH is 1. The van der Waals surface area contributed by atoms with Crippen LogP contribution in [0, 0.1) is 12.3 Å². The van der Waals surface area contributed by atoms with Crippen LogP contribution in [0.4, 0.5) is 0 Å². The summed E-state index contributed by atoms with van der Waals surface area (Å²) in [5, 5.41) is 10.8. The second-order valence-corrected chi connectivity index (χ2v) is 2.65. The minimum atomic E-state index is -0.319. The third-order valence-corrected chi connectivity index (χ3v) is 1.59. The summed E-state index contributed by atoms with van der Waals surface area (Å²) in [5.41, 5.74) is 0. The van der Waals surface area contributed by atoms with E-state index in [1.165, 1.54) is 0 Å². The number of terminal acetylenes is 1. The van der Waals surface area contributed by atoms with Gasteiger partial charge in [-0.1, -0.05) is 0 Å². The third kappa shape index (κ3) is 2.89. The van der Waals surface area contributed by atoms with Gasteiger partial charge in [0.05, 0.1) is 19.3 Å². The maximum atomic E-state index is 9.05. The van der Waals surface area contributed by atoms with Crippen LogP contribution in [-0.2, 0) is 4.84 Å².